The summed E-state index contributed by atoms with van der Waals surface area (Å²) < 4.78 is 11.8. The molecule has 4 aromatic rings. The number of hydrogen-bond donors (Lipinski definition) is 0. The lowest BCUT2D eigenvalue weighted by molar-refractivity contribution is 0.474. The number of furan rings is 2. The fourth-order valence-corrected chi connectivity index (χ4v) is 3.57. The molecule has 1 atom stereocenters. The van der Waals surface area contributed by atoms with Crippen LogP contribution < -0.4 is 5.01 Å². The highest BCUT2D eigenvalue weighted by Crippen LogP contribution is 2.38. The molecule has 0 bridgehead atoms. The highest BCUT2D eigenvalue weighted by Gasteiger charge is 2.33. The van der Waals surface area contributed by atoms with Crippen LogP contribution in [0, 0.1) is 0 Å². The van der Waals surface area contributed by atoms with Gasteiger partial charge < -0.3 is 8.83 Å². The Morgan fingerprint density at radius 2 is 1.68 bits per heavy atom. The molecular weight excluding hydrogens is 372 g/mol. The molecule has 4 nitrogen and oxygen atoms in total. The van der Waals surface area contributed by atoms with Crippen LogP contribution in [0.5, 0.6) is 0 Å². The van der Waals surface area contributed by atoms with Gasteiger partial charge in [-0.1, -0.05) is 29.8 Å². The van der Waals surface area contributed by atoms with Crippen LogP contribution in [0.25, 0.3) is 11.3 Å². The first-order valence-electron chi connectivity index (χ1n) is 9.09. The molecule has 0 amide bonds. The topological polar surface area (TPSA) is 41.9 Å². The summed E-state index contributed by atoms with van der Waals surface area (Å²) in [6, 6.07) is 25.5. The van der Waals surface area contributed by atoms with Crippen LogP contribution in [0.3, 0.4) is 0 Å². The van der Waals surface area contributed by atoms with E-state index in [1.165, 1.54) is 0 Å². The summed E-state index contributed by atoms with van der Waals surface area (Å²) in [6.45, 7) is 0. The van der Waals surface area contributed by atoms with Crippen LogP contribution in [0.4, 0.5) is 5.69 Å². The third kappa shape index (κ3) is 3.12. The first kappa shape index (κ1) is 16.9. The SMILES string of the molecule is Clc1ccc(-c2ccc([C@H]3CC(c4ccco4)=NN3c3ccccc3)o2)cc1. The maximum Gasteiger partial charge on any atom is 0.149 e. The van der Waals surface area contributed by atoms with Crippen molar-refractivity contribution in [2.24, 2.45) is 5.10 Å². The molecular formula is C23H17ClN2O2. The van der Waals surface area contributed by atoms with E-state index in [1.54, 1.807) is 6.26 Å². The average Bonchev–Trinajstić information content (AvgIpc) is 3.48. The van der Waals surface area contributed by atoms with Crippen LogP contribution in [-0.4, -0.2) is 5.71 Å². The van der Waals surface area contributed by atoms with Gasteiger partial charge in [-0.05, 0) is 60.7 Å². The number of benzene rings is 2. The maximum absolute atomic E-state index is 6.22. The lowest BCUT2D eigenvalue weighted by Gasteiger charge is -2.21. The normalized spacial score (nSPS) is 16.4. The molecule has 5 heteroatoms. The van der Waals surface area contributed by atoms with E-state index in [0.717, 1.165) is 34.2 Å². The van der Waals surface area contributed by atoms with E-state index < -0.39 is 0 Å². The van der Waals surface area contributed by atoms with E-state index in [1.807, 2.05) is 83.9 Å². The molecule has 0 N–H and O–H groups in total. The summed E-state index contributed by atoms with van der Waals surface area (Å²) in [6.07, 6.45) is 2.37. The summed E-state index contributed by atoms with van der Waals surface area (Å²) in [5.74, 6) is 2.46. The molecule has 1 aliphatic heterocycles. The van der Waals surface area contributed by atoms with E-state index >= 15 is 0 Å². The Morgan fingerprint density at radius 3 is 2.43 bits per heavy atom. The molecule has 0 unspecified atom stereocenters. The van der Waals surface area contributed by atoms with Gasteiger partial charge in [0.1, 0.15) is 29.0 Å². The molecule has 3 heterocycles. The van der Waals surface area contributed by atoms with Gasteiger partial charge in [-0.15, -0.1) is 0 Å². The molecule has 5 rings (SSSR count). The van der Waals surface area contributed by atoms with Gasteiger partial charge in [0, 0.05) is 17.0 Å². The van der Waals surface area contributed by atoms with Crippen molar-refractivity contribution in [2.45, 2.75) is 12.5 Å². The predicted molar refractivity (Wildman–Crippen MR) is 111 cm³/mol. The Hall–Kier alpha value is -3.24. The second kappa shape index (κ2) is 7.06. The van der Waals surface area contributed by atoms with Crippen molar-refractivity contribution in [3.63, 3.8) is 0 Å². The van der Waals surface area contributed by atoms with Crippen molar-refractivity contribution in [1.29, 1.82) is 0 Å². The summed E-state index contributed by atoms with van der Waals surface area (Å²) in [4.78, 5) is 0. The number of para-hydroxylation sites is 1. The second-order valence-electron chi connectivity index (χ2n) is 6.63. The fourth-order valence-electron chi connectivity index (χ4n) is 3.44. The van der Waals surface area contributed by atoms with Crippen molar-refractivity contribution in [3.8, 4) is 11.3 Å². The molecule has 2 aromatic heterocycles. The van der Waals surface area contributed by atoms with Crippen molar-refractivity contribution >= 4 is 23.0 Å². The number of hydrogen-bond acceptors (Lipinski definition) is 4. The van der Waals surface area contributed by atoms with E-state index in [4.69, 9.17) is 25.5 Å². The second-order valence-corrected chi connectivity index (χ2v) is 7.07. The van der Waals surface area contributed by atoms with Gasteiger partial charge in [0.15, 0.2) is 0 Å². The molecule has 0 aliphatic carbocycles. The molecule has 138 valence electrons. The summed E-state index contributed by atoms with van der Waals surface area (Å²) in [7, 11) is 0. The molecule has 1 aliphatic rings. The lowest BCUT2D eigenvalue weighted by Crippen LogP contribution is -2.17. The zero-order valence-electron chi connectivity index (χ0n) is 15.0. The first-order chi connectivity index (χ1) is 13.8. The Kier molecular flexibility index (Phi) is 4.26. The van der Waals surface area contributed by atoms with Crippen molar-refractivity contribution in [3.05, 3.63) is 102 Å². The zero-order valence-corrected chi connectivity index (χ0v) is 15.7. The highest BCUT2D eigenvalue weighted by molar-refractivity contribution is 6.30. The predicted octanol–water partition coefficient (Wildman–Crippen LogP) is 6.55. The molecule has 2 aromatic carbocycles. The van der Waals surface area contributed by atoms with Gasteiger partial charge in [0.2, 0.25) is 0 Å². The highest BCUT2D eigenvalue weighted by atomic mass is 35.5. The minimum Gasteiger partial charge on any atom is -0.463 e. The van der Waals surface area contributed by atoms with Crippen LogP contribution in [0.1, 0.15) is 24.0 Å². The van der Waals surface area contributed by atoms with Crippen molar-refractivity contribution in [1.82, 2.24) is 0 Å². The largest absolute Gasteiger partial charge is 0.463 e. The average molecular weight is 389 g/mol. The Balaban J connectivity index is 1.50. The number of hydrazone groups is 1. The Bertz CT molecular complexity index is 1100. The Morgan fingerprint density at radius 1 is 0.857 bits per heavy atom. The van der Waals surface area contributed by atoms with Crippen molar-refractivity contribution in [2.75, 3.05) is 5.01 Å². The maximum atomic E-state index is 6.22. The number of anilines is 1. The smallest absolute Gasteiger partial charge is 0.149 e. The first-order valence-corrected chi connectivity index (χ1v) is 9.47. The third-order valence-electron chi connectivity index (χ3n) is 4.82. The fraction of sp³-hybridized carbons (Fsp3) is 0.0870. The molecule has 28 heavy (non-hydrogen) atoms. The van der Waals surface area contributed by atoms with Crippen LogP contribution in [0.15, 0.2) is 99.1 Å². The summed E-state index contributed by atoms with van der Waals surface area (Å²) >= 11 is 6.00. The standard InChI is InChI=1S/C23H17ClN2O2/c24-17-10-8-16(9-11-17)21-12-13-23(28-21)20-15-19(22-7-4-14-27-22)25-26(20)18-5-2-1-3-6-18/h1-14,20H,15H2/t20-/m1/s1. The van der Waals surface area contributed by atoms with Gasteiger partial charge >= 0.3 is 0 Å². The number of nitrogens with zero attached hydrogens (tertiary/aromatic N) is 2. The number of rotatable bonds is 4. The molecule has 0 fully saturated rings. The third-order valence-corrected chi connectivity index (χ3v) is 5.07. The quantitative estimate of drug-likeness (QED) is 0.398. The van der Waals surface area contributed by atoms with Gasteiger partial charge in [0.25, 0.3) is 0 Å². The minimum atomic E-state index is -0.0384. The van der Waals surface area contributed by atoms with Gasteiger partial charge in [-0.25, -0.2) is 0 Å². The molecule has 0 radical (unpaired) electrons. The van der Waals surface area contributed by atoms with E-state index in [2.05, 4.69) is 0 Å². The van der Waals surface area contributed by atoms with Crippen LogP contribution in [-0.2, 0) is 0 Å². The molecule has 0 saturated carbocycles. The van der Waals surface area contributed by atoms with Gasteiger partial charge in [-0.3, -0.25) is 5.01 Å². The molecule has 0 saturated heterocycles. The Labute approximate surface area is 167 Å². The van der Waals surface area contributed by atoms with E-state index in [9.17, 15) is 0 Å². The van der Waals surface area contributed by atoms with E-state index in [0.29, 0.717) is 11.4 Å². The van der Waals surface area contributed by atoms with Gasteiger partial charge in [-0.2, -0.15) is 5.10 Å². The lowest BCUT2D eigenvalue weighted by atomic mass is 10.1. The van der Waals surface area contributed by atoms with Crippen molar-refractivity contribution < 1.29 is 8.83 Å². The summed E-state index contributed by atoms with van der Waals surface area (Å²) in [5, 5.41) is 7.54. The monoisotopic (exact) mass is 388 g/mol. The van der Waals surface area contributed by atoms with Crippen LogP contribution in [0.2, 0.25) is 5.02 Å². The zero-order chi connectivity index (χ0) is 18.9. The van der Waals surface area contributed by atoms with Gasteiger partial charge in [0.05, 0.1) is 12.0 Å². The summed E-state index contributed by atoms with van der Waals surface area (Å²) in [5.41, 5.74) is 2.91. The van der Waals surface area contributed by atoms with E-state index in [-0.39, 0.29) is 6.04 Å². The molecule has 0 spiro atoms. The number of halogens is 1. The minimum absolute atomic E-state index is 0.0384. The van der Waals surface area contributed by atoms with Crippen LogP contribution >= 0.6 is 11.6 Å².